The topological polar surface area (TPSA) is 55.0 Å². The quantitative estimate of drug-likeness (QED) is 0.662. The molecular weight excluding hydrogens is 247 g/mol. The van der Waals surface area contributed by atoms with Crippen molar-refractivity contribution >= 4 is 34.6 Å². The van der Waals surface area contributed by atoms with E-state index in [0.29, 0.717) is 10.7 Å². The van der Waals surface area contributed by atoms with E-state index in [1.165, 1.54) is 11.2 Å². The molecule has 2 rings (SSSR count). The summed E-state index contributed by atoms with van der Waals surface area (Å²) in [6.07, 6.45) is 1.39. The van der Waals surface area contributed by atoms with Gasteiger partial charge in [-0.1, -0.05) is 41.4 Å². The SMILES string of the molecule is NN(c1ccccc1)c1c(Cl)cnnc1Cl. The number of nitrogens with two attached hydrogens (primary N) is 1. The Morgan fingerprint density at radius 1 is 1.12 bits per heavy atom. The van der Waals surface area contributed by atoms with Crippen LogP contribution in [-0.4, -0.2) is 10.2 Å². The second-order valence-corrected chi connectivity index (χ2v) is 3.80. The van der Waals surface area contributed by atoms with Crippen molar-refractivity contribution in [2.24, 2.45) is 5.84 Å². The highest BCUT2D eigenvalue weighted by Crippen LogP contribution is 2.33. The van der Waals surface area contributed by atoms with Crippen LogP contribution in [0, 0.1) is 0 Å². The van der Waals surface area contributed by atoms with E-state index in [0.717, 1.165) is 5.69 Å². The van der Waals surface area contributed by atoms with Crippen LogP contribution in [0.3, 0.4) is 0 Å². The molecule has 2 N–H and O–H groups in total. The van der Waals surface area contributed by atoms with Crippen molar-refractivity contribution in [1.29, 1.82) is 0 Å². The minimum atomic E-state index is 0.166. The van der Waals surface area contributed by atoms with Crippen molar-refractivity contribution in [2.45, 2.75) is 0 Å². The van der Waals surface area contributed by atoms with E-state index in [-0.39, 0.29) is 5.15 Å². The number of benzene rings is 1. The predicted molar refractivity (Wildman–Crippen MR) is 64.8 cm³/mol. The number of hydrazine groups is 1. The number of para-hydroxylation sites is 1. The van der Waals surface area contributed by atoms with Crippen molar-refractivity contribution in [3.8, 4) is 0 Å². The highest BCUT2D eigenvalue weighted by Gasteiger charge is 2.14. The highest BCUT2D eigenvalue weighted by atomic mass is 35.5. The maximum Gasteiger partial charge on any atom is 0.178 e. The van der Waals surface area contributed by atoms with Gasteiger partial charge in [0.15, 0.2) is 5.15 Å². The van der Waals surface area contributed by atoms with Crippen LogP contribution in [0.1, 0.15) is 0 Å². The molecule has 1 aromatic heterocycles. The van der Waals surface area contributed by atoms with Crippen LogP contribution in [0.5, 0.6) is 0 Å². The van der Waals surface area contributed by atoms with E-state index in [4.69, 9.17) is 29.0 Å². The third-order valence-electron chi connectivity index (χ3n) is 2.01. The van der Waals surface area contributed by atoms with Crippen molar-refractivity contribution in [1.82, 2.24) is 10.2 Å². The summed E-state index contributed by atoms with van der Waals surface area (Å²) >= 11 is 11.9. The largest absolute Gasteiger partial charge is 0.275 e. The van der Waals surface area contributed by atoms with Gasteiger partial charge in [-0.25, -0.2) is 5.84 Å². The van der Waals surface area contributed by atoms with Crippen molar-refractivity contribution in [3.05, 3.63) is 46.7 Å². The first-order chi connectivity index (χ1) is 7.70. The molecule has 4 nitrogen and oxygen atoms in total. The van der Waals surface area contributed by atoms with Crippen molar-refractivity contribution in [2.75, 3.05) is 5.01 Å². The zero-order valence-corrected chi connectivity index (χ0v) is 9.65. The van der Waals surface area contributed by atoms with Crippen LogP contribution >= 0.6 is 23.2 Å². The van der Waals surface area contributed by atoms with Gasteiger partial charge in [-0.05, 0) is 12.1 Å². The molecule has 0 bridgehead atoms. The molecule has 1 heterocycles. The maximum atomic E-state index is 5.97. The second kappa shape index (κ2) is 4.65. The molecule has 6 heteroatoms. The number of aromatic nitrogens is 2. The van der Waals surface area contributed by atoms with Gasteiger partial charge in [0.25, 0.3) is 0 Å². The molecule has 0 atom stereocenters. The van der Waals surface area contributed by atoms with E-state index in [1.54, 1.807) is 0 Å². The van der Waals surface area contributed by atoms with Crippen LogP contribution in [0.2, 0.25) is 10.2 Å². The fourth-order valence-corrected chi connectivity index (χ4v) is 1.78. The molecule has 0 aliphatic rings. The minimum absolute atomic E-state index is 0.166. The fraction of sp³-hybridized carbons (Fsp3) is 0. The Morgan fingerprint density at radius 2 is 1.81 bits per heavy atom. The van der Waals surface area contributed by atoms with Gasteiger partial charge in [-0.2, -0.15) is 5.10 Å². The maximum absolute atomic E-state index is 5.97. The summed E-state index contributed by atoms with van der Waals surface area (Å²) in [6, 6.07) is 9.31. The van der Waals surface area contributed by atoms with Gasteiger partial charge in [-0.15, -0.1) is 5.10 Å². The van der Waals surface area contributed by atoms with E-state index in [1.807, 2.05) is 30.3 Å². The molecule has 0 saturated carbocycles. The number of halogens is 2. The number of nitrogens with zero attached hydrogens (tertiary/aromatic N) is 3. The average molecular weight is 255 g/mol. The molecule has 0 unspecified atom stereocenters. The Balaban J connectivity index is 2.46. The first-order valence-electron chi connectivity index (χ1n) is 4.46. The van der Waals surface area contributed by atoms with Gasteiger partial charge in [0, 0.05) is 0 Å². The third-order valence-corrected chi connectivity index (χ3v) is 2.54. The van der Waals surface area contributed by atoms with Gasteiger partial charge < -0.3 is 0 Å². The summed E-state index contributed by atoms with van der Waals surface area (Å²) in [7, 11) is 0. The molecule has 82 valence electrons. The predicted octanol–water partition coefficient (Wildman–Crippen LogP) is 2.80. The molecule has 0 amide bonds. The fourth-order valence-electron chi connectivity index (χ4n) is 1.27. The van der Waals surface area contributed by atoms with Gasteiger partial charge in [0.1, 0.15) is 5.69 Å². The van der Waals surface area contributed by atoms with Gasteiger partial charge in [0.05, 0.1) is 16.9 Å². The number of hydrogen-bond donors (Lipinski definition) is 1. The van der Waals surface area contributed by atoms with Gasteiger partial charge in [-0.3, -0.25) is 5.01 Å². The lowest BCUT2D eigenvalue weighted by molar-refractivity contribution is 0.995. The molecule has 0 spiro atoms. The monoisotopic (exact) mass is 254 g/mol. The summed E-state index contributed by atoms with van der Waals surface area (Å²) in [5.74, 6) is 5.91. The first kappa shape index (κ1) is 11.1. The lowest BCUT2D eigenvalue weighted by Crippen LogP contribution is -2.25. The van der Waals surface area contributed by atoms with Gasteiger partial charge >= 0.3 is 0 Å². The van der Waals surface area contributed by atoms with E-state index in [2.05, 4.69) is 10.2 Å². The van der Waals surface area contributed by atoms with Crippen molar-refractivity contribution < 1.29 is 0 Å². The summed E-state index contributed by atoms with van der Waals surface area (Å²) < 4.78 is 0. The second-order valence-electron chi connectivity index (χ2n) is 3.04. The molecule has 0 saturated heterocycles. The number of hydrogen-bond acceptors (Lipinski definition) is 4. The summed E-state index contributed by atoms with van der Waals surface area (Å²) in [6.45, 7) is 0. The summed E-state index contributed by atoms with van der Waals surface area (Å²) in [4.78, 5) is 0. The van der Waals surface area contributed by atoms with Crippen LogP contribution in [-0.2, 0) is 0 Å². The number of anilines is 2. The Bertz CT molecular complexity index is 469. The summed E-state index contributed by atoms with van der Waals surface area (Å²) in [5.41, 5.74) is 1.20. The highest BCUT2D eigenvalue weighted by molar-refractivity contribution is 6.38. The third kappa shape index (κ3) is 2.09. The molecule has 0 aliphatic carbocycles. The molecule has 1 aromatic carbocycles. The Kier molecular flexibility index (Phi) is 3.24. The standard InChI is InChI=1S/C10H8Cl2N4/c11-8-6-14-15-10(12)9(8)16(13)7-4-2-1-3-5-7/h1-6H,13H2. The van der Waals surface area contributed by atoms with Crippen LogP contribution in [0.25, 0.3) is 0 Å². The molecule has 0 radical (unpaired) electrons. The van der Waals surface area contributed by atoms with E-state index in [9.17, 15) is 0 Å². The summed E-state index contributed by atoms with van der Waals surface area (Å²) in [5, 5.41) is 9.21. The number of rotatable bonds is 2. The Hall–Kier alpha value is -1.36. The molecule has 2 aromatic rings. The van der Waals surface area contributed by atoms with E-state index >= 15 is 0 Å². The zero-order chi connectivity index (χ0) is 11.5. The Labute approximate surface area is 103 Å². The smallest absolute Gasteiger partial charge is 0.178 e. The van der Waals surface area contributed by atoms with Gasteiger partial charge in [0.2, 0.25) is 0 Å². The van der Waals surface area contributed by atoms with Crippen molar-refractivity contribution in [3.63, 3.8) is 0 Å². The zero-order valence-electron chi connectivity index (χ0n) is 8.14. The molecule has 16 heavy (non-hydrogen) atoms. The average Bonchev–Trinajstić information content (AvgIpc) is 2.30. The first-order valence-corrected chi connectivity index (χ1v) is 5.22. The molecule has 0 aliphatic heterocycles. The molecular formula is C10H8Cl2N4. The normalized spacial score (nSPS) is 10.2. The van der Waals surface area contributed by atoms with Crippen LogP contribution < -0.4 is 10.9 Å². The lowest BCUT2D eigenvalue weighted by atomic mass is 10.3. The van der Waals surface area contributed by atoms with E-state index < -0.39 is 0 Å². The van der Waals surface area contributed by atoms with Crippen LogP contribution in [0.15, 0.2) is 36.5 Å². The van der Waals surface area contributed by atoms with Crippen LogP contribution in [0.4, 0.5) is 11.4 Å². The minimum Gasteiger partial charge on any atom is -0.275 e. The Morgan fingerprint density at radius 3 is 2.44 bits per heavy atom. The lowest BCUT2D eigenvalue weighted by Gasteiger charge is -2.19. The molecule has 0 fully saturated rings.